The van der Waals surface area contributed by atoms with Crippen LogP contribution in [0.5, 0.6) is 0 Å². The van der Waals surface area contributed by atoms with E-state index in [-0.39, 0.29) is 17.1 Å². The number of hydrogen-bond acceptors (Lipinski definition) is 4. The molecule has 0 spiro atoms. The van der Waals surface area contributed by atoms with Crippen LogP contribution in [0.15, 0.2) is 23.1 Å². The normalized spacial score (nSPS) is 20.3. The molecule has 0 saturated heterocycles. The molecule has 1 aromatic carbocycles. The smallest absolute Gasteiger partial charge is 0.297 e. The predicted octanol–water partition coefficient (Wildman–Crippen LogP) is 2.13. The maximum absolute atomic E-state index is 12.1. The minimum absolute atomic E-state index is 0.0656. The molecule has 1 fully saturated rings. The molecule has 4 nitrogen and oxygen atoms in total. The number of carbonyl (C=O) groups excluding carboxylic acids is 1. The summed E-state index contributed by atoms with van der Waals surface area (Å²) in [4.78, 5) is 11.3. The SMILES string of the molecule is Cc1ccc(S(=O)(=O)OC2CCC(=O)C2)c(C)c1. The van der Waals surface area contributed by atoms with Crippen molar-refractivity contribution in [3.05, 3.63) is 29.3 Å². The van der Waals surface area contributed by atoms with E-state index >= 15 is 0 Å². The van der Waals surface area contributed by atoms with E-state index in [4.69, 9.17) is 4.18 Å². The van der Waals surface area contributed by atoms with E-state index in [1.165, 1.54) is 0 Å². The first-order chi connectivity index (χ1) is 8.38. The highest BCUT2D eigenvalue weighted by Gasteiger charge is 2.29. The Hall–Kier alpha value is -1.20. The molecule has 0 N–H and O–H groups in total. The standard InChI is InChI=1S/C13H16O4S/c1-9-3-6-13(10(2)7-9)18(15,16)17-12-5-4-11(14)8-12/h3,6-7,12H,4-5,8H2,1-2H3. The summed E-state index contributed by atoms with van der Waals surface area (Å²) in [6.45, 7) is 3.64. The second-order valence-corrected chi connectivity index (χ2v) is 6.26. The molecule has 18 heavy (non-hydrogen) atoms. The molecular weight excluding hydrogens is 252 g/mol. The summed E-state index contributed by atoms with van der Waals surface area (Å²) in [7, 11) is -3.77. The molecule has 0 aromatic heterocycles. The summed E-state index contributed by atoms with van der Waals surface area (Å²) in [6, 6.07) is 5.09. The third-order valence-corrected chi connectivity index (χ3v) is 4.59. The fourth-order valence-electron chi connectivity index (χ4n) is 2.17. The molecule has 2 rings (SSSR count). The van der Waals surface area contributed by atoms with Crippen LogP contribution in [0.3, 0.4) is 0 Å². The molecule has 0 amide bonds. The Morgan fingerprint density at radius 1 is 1.28 bits per heavy atom. The lowest BCUT2D eigenvalue weighted by atomic mass is 10.2. The van der Waals surface area contributed by atoms with Crippen LogP contribution >= 0.6 is 0 Å². The van der Waals surface area contributed by atoms with Crippen LogP contribution in [0, 0.1) is 13.8 Å². The number of ketones is 1. The molecule has 0 aliphatic heterocycles. The van der Waals surface area contributed by atoms with E-state index in [0.717, 1.165) is 5.56 Å². The molecule has 1 unspecified atom stereocenters. The van der Waals surface area contributed by atoms with Crippen molar-refractivity contribution in [1.82, 2.24) is 0 Å². The van der Waals surface area contributed by atoms with E-state index in [2.05, 4.69) is 0 Å². The topological polar surface area (TPSA) is 60.4 Å². The highest BCUT2D eigenvalue weighted by atomic mass is 32.2. The Balaban J connectivity index is 2.23. The second kappa shape index (κ2) is 4.82. The van der Waals surface area contributed by atoms with Gasteiger partial charge in [0.05, 0.1) is 11.0 Å². The van der Waals surface area contributed by atoms with Crippen molar-refractivity contribution in [2.24, 2.45) is 0 Å². The number of rotatable bonds is 3. The average Bonchev–Trinajstić information content (AvgIpc) is 2.62. The zero-order chi connectivity index (χ0) is 13.3. The molecule has 1 saturated carbocycles. The first kappa shape index (κ1) is 13.2. The summed E-state index contributed by atoms with van der Waals surface area (Å²) >= 11 is 0. The van der Waals surface area contributed by atoms with Crippen LogP contribution in [0.4, 0.5) is 0 Å². The molecule has 1 aliphatic carbocycles. The number of aryl methyl sites for hydroxylation is 2. The maximum Gasteiger partial charge on any atom is 0.297 e. The summed E-state index contributed by atoms with van der Waals surface area (Å²) in [5.74, 6) is 0.0656. The lowest BCUT2D eigenvalue weighted by molar-refractivity contribution is -0.117. The molecule has 1 aliphatic rings. The maximum atomic E-state index is 12.1. The Bertz CT molecular complexity index is 575. The molecule has 0 radical (unpaired) electrons. The van der Waals surface area contributed by atoms with Crippen LogP contribution in [0.2, 0.25) is 0 Å². The molecule has 0 bridgehead atoms. The van der Waals surface area contributed by atoms with Crippen molar-refractivity contribution in [2.45, 2.75) is 44.1 Å². The van der Waals surface area contributed by atoms with Crippen LogP contribution in [-0.4, -0.2) is 20.3 Å². The lowest BCUT2D eigenvalue weighted by Gasteiger charge is -2.12. The fraction of sp³-hybridized carbons (Fsp3) is 0.462. The second-order valence-electron chi connectivity index (χ2n) is 4.72. The fourth-order valence-corrected chi connectivity index (χ4v) is 3.49. The third-order valence-electron chi connectivity index (χ3n) is 3.06. The first-order valence-corrected chi connectivity index (χ1v) is 7.31. The summed E-state index contributed by atoms with van der Waals surface area (Å²) in [5, 5.41) is 0. The monoisotopic (exact) mass is 268 g/mol. The Morgan fingerprint density at radius 3 is 2.56 bits per heavy atom. The molecule has 98 valence electrons. The van der Waals surface area contributed by atoms with Gasteiger partial charge in [-0.15, -0.1) is 0 Å². The van der Waals surface area contributed by atoms with E-state index < -0.39 is 16.2 Å². The lowest BCUT2D eigenvalue weighted by Crippen LogP contribution is -2.17. The van der Waals surface area contributed by atoms with Gasteiger partial charge in [-0.1, -0.05) is 17.7 Å². The van der Waals surface area contributed by atoms with E-state index in [1.54, 1.807) is 25.1 Å². The number of hydrogen-bond donors (Lipinski definition) is 0. The van der Waals surface area contributed by atoms with Crippen molar-refractivity contribution in [2.75, 3.05) is 0 Å². The zero-order valence-corrected chi connectivity index (χ0v) is 11.3. The van der Waals surface area contributed by atoms with E-state index in [0.29, 0.717) is 18.4 Å². The Kier molecular flexibility index (Phi) is 3.54. The van der Waals surface area contributed by atoms with Crippen molar-refractivity contribution >= 4 is 15.9 Å². The average molecular weight is 268 g/mol. The quantitative estimate of drug-likeness (QED) is 0.788. The van der Waals surface area contributed by atoms with Gasteiger partial charge in [-0.2, -0.15) is 8.42 Å². The summed E-state index contributed by atoms with van der Waals surface area (Å²) in [6.07, 6.45) is 0.600. The van der Waals surface area contributed by atoms with Gasteiger partial charge in [0.15, 0.2) is 0 Å². The highest BCUT2D eigenvalue weighted by molar-refractivity contribution is 7.86. The summed E-state index contributed by atoms with van der Waals surface area (Å²) in [5.41, 5.74) is 1.67. The van der Waals surface area contributed by atoms with Gasteiger partial charge in [-0.3, -0.25) is 8.98 Å². The van der Waals surface area contributed by atoms with Gasteiger partial charge in [-0.05, 0) is 31.9 Å². The van der Waals surface area contributed by atoms with Crippen LogP contribution < -0.4 is 0 Å². The van der Waals surface area contributed by atoms with Gasteiger partial charge in [-0.25, -0.2) is 0 Å². The summed E-state index contributed by atoms with van der Waals surface area (Å²) < 4.78 is 29.3. The molecule has 5 heteroatoms. The van der Waals surface area contributed by atoms with Gasteiger partial charge in [0.25, 0.3) is 10.1 Å². The number of carbonyl (C=O) groups is 1. The first-order valence-electron chi connectivity index (χ1n) is 5.91. The molecule has 1 aromatic rings. The van der Waals surface area contributed by atoms with Gasteiger partial charge in [0.2, 0.25) is 0 Å². The van der Waals surface area contributed by atoms with Crippen LogP contribution in [-0.2, 0) is 19.1 Å². The number of Topliss-reactive ketones (excluding diaryl/α,β-unsaturated/α-hetero) is 1. The Morgan fingerprint density at radius 2 is 2.00 bits per heavy atom. The molecule has 0 heterocycles. The zero-order valence-electron chi connectivity index (χ0n) is 10.5. The predicted molar refractivity (Wildman–Crippen MR) is 66.8 cm³/mol. The van der Waals surface area contributed by atoms with E-state index in [1.807, 2.05) is 6.92 Å². The molecule has 1 atom stereocenters. The van der Waals surface area contributed by atoms with Crippen molar-refractivity contribution in [3.63, 3.8) is 0 Å². The largest absolute Gasteiger partial charge is 0.300 e. The van der Waals surface area contributed by atoms with Crippen LogP contribution in [0.1, 0.15) is 30.4 Å². The molecular formula is C13H16O4S. The van der Waals surface area contributed by atoms with Crippen molar-refractivity contribution in [3.8, 4) is 0 Å². The van der Waals surface area contributed by atoms with Gasteiger partial charge in [0, 0.05) is 12.8 Å². The highest BCUT2D eigenvalue weighted by Crippen LogP contribution is 2.25. The number of benzene rings is 1. The van der Waals surface area contributed by atoms with Crippen LogP contribution in [0.25, 0.3) is 0 Å². The minimum atomic E-state index is -3.77. The van der Waals surface area contributed by atoms with Gasteiger partial charge < -0.3 is 0 Å². The van der Waals surface area contributed by atoms with Gasteiger partial charge in [0.1, 0.15) is 5.78 Å². The van der Waals surface area contributed by atoms with E-state index in [9.17, 15) is 13.2 Å². The van der Waals surface area contributed by atoms with Crippen molar-refractivity contribution < 1.29 is 17.4 Å². The third kappa shape index (κ3) is 2.79. The minimum Gasteiger partial charge on any atom is -0.300 e. The van der Waals surface area contributed by atoms with Gasteiger partial charge >= 0.3 is 0 Å². The Labute approximate surface area is 107 Å². The van der Waals surface area contributed by atoms with Crippen molar-refractivity contribution in [1.29, 1.82) is 0 Å².